The number of hydrogen-bond donors (Lipinski definition) is 0. The van der Waals surface area contributed by atoms with Gasteiger partial charge >= 0.3 is 0 Å². The van der Waals surface area contributed by atoms with Crippen molar-refractivity contribution in [3.63, 3.8) is 0 Å². The van der Waals surface area contributed by atoms with Crippen molar-refractivity contribution in [2.24, 2.45) is 0 Å². The van der Waals surface area contributed by atoms with Crippen LogP contribution in [0.4, 0.5) is 0 Å². The minimum atomic E-state index is 0.640. The molecule has 0 amide bonds. The molecule has 0 atom stereocenters. The van der Waals surface area contributed by atoms with Gasteiger partial charge in [-0.3, -0.25) is 0 Å². The van der Waals surface area contributed by atoms with Gasteiger partial charge in [-0.1, -0.05) is 133 Å². The zero-order chi connectivity index (χ0) is 29.2. The Morgan fingerprint density at radius 3 is 1.59 bits per heavy atom. The van der Waals surface area contributed by atoms with Crippen LogP contribution in [0.1, 0.15) is 5.56 Å². The molecule has 44 heavy (non-hydrogen) atoms. The third-order valence-electron chi connectivity index (χ3n) is 9.03. The summed E-state index contributed by atoms with van der Waals surface area (Å²) in [5.41, 5.74) is 13.3. The Balaban J connectivity index is 1.43. The van der Waals surface area contributed by atoms with E-state index in [9.17, 15) is 5.26 Å². The molecule has 0 saturated heterocycles. The number of pyridine rings is 1. The molecule has 1 heterocycles. The Hall–Kier alpha value is -6.04. The van der Waals surface area contributed by atoms with Crippen LogP contribution in [0.15, 0.2) is 146 Å². The van der Waals surface area contributed by atoms with Crippen molar-refractivity contribution < 1.29 is 0 Å². The summed E-state index contributed by atoms with van der Waals surface area (Å²) in [5.74, 6) is 0. The van der Waals surface area contributed by atoms with E-state index in [4.69, 9.17) is 4.98 Å². The molecule has 1 aliphatic carbocycles. The molecule has 2 heteroatoms. The first kappa shape index (κ1) is 24.5. The molecule has 9 rings (SSSR count). The molecule has 0 spiro atoms. The lowest BCUT2D eigenvalue weighted by atomic mass is 9.82. The maximum absolute atomic E-state index is 10.0. The number of para-hydroxylation sites is 1. The lowest BCUT2D eigenvalue weighted by Gasteiger charge is -2.20. The van der Waals surface area contributed by atoms with Crippen LogP contribution < -0.4 is 0 Å². The largest absolute Gasteiger partial charge is 0.248 e. The Morgan fingerprint density at radius 2 is 0.955 bits per heavy atom. The van der Waals surface area contributed by atoms with Crippen molar-refractivity contribution in [3.05, 3.63) is 151 Å². The molecule has 0 aliphatic heterocycles. The highest BCUT2D eigenvalue weighted by Gasteiger charge is 2.31. The van der Waals surface area contributed by atoms with E-state index in [-0.39, 0.29) is 0 Å². The Kier molecular flexibility index (Phi) is 5.30. The summed E-state index contributed by atoms with van der Waals surface area (Å²) in [6, 6.07) is 53.7. The second-order valence-corrected chi connectivity index (χ2v) is 11.4. The van der Waals surface area contributed by atoms with Gasteiger partial charge in [-0.15, -0.1) is 0 Å². The van der Waals surface area contributed by atoms with Gasteiger partial charge in [0.15, 0.2) is 0 Å². The van der Waals surface area contributed by atoms with Crippen molar-refractivity contribution in [1.82, 2.24) is 4.98 Å². The molecule has 2 nitrogen and oxygen atoms in total. The number of rotatable bonds is 3. The Morgan fingerprint density at radius 1 is 0.432 bits per heavy atom. The highest BCUT2D eigenvalue weighted by molar-refractivity contribution is 6.28. The van der Waals surface area contributed by atoms with Crippen LogP contribution in [0.3, 0.4) is 0 Å². The number of nitrogens with zero attached hydrogens (tertiary/aromatic N) is 2. The van der Waals surface area contributed by atoms with Crippen molar-refractivity contribution >= 4 is 32.4 Å². The fourth-order valence-electron chi connectivity index (χ4n) is 7.24. The van der Waals surface area contributed by atoms with Gasteiger partial charge in [0.05, 0.1) is 22.8 Å². The van der Waals surface area contributed by atoms with Gasteiger partial charge in [-0.2, -0.15) is 5.26 Å². The number of hydrogen-bond acceptors (Lipinski definition) is 2. The van der Waals surface area contributed by atoms with Crippen LogP contribution >= 0.6 is 0 Å². The summed E-state index contributed by atoms with van der Waals surface area (Å²) in [6.45, 7) is 0. The van der Waals surface area contributed by atoms with E-state index in [1.807, 2.05) is 30.3 Å². The molecule has 1 aromatic heterocycles. The normalized spacial score (nSPS) is 11.6. The first-order valence-corrected chi connectivity index (χ1v) is 14.9. The first-order chi connectivity index (χ1) is 21.8. The molecule has 0 bridgehead atoms. The molecule has 0 fully saturated rings. The number of fused-ring (bicyclic) bond motifs is 5. The van der Waals surface area contributed by atoms with E-state index in [0.29, 0.717) is 5.56 Å². The summed E-state index contributed by atoms with van der Waals surface area (Å²) in [7, 11) is 0. The molecule has 8 aromatic rings. The number of aromatic nitrogens is 1. The molecule has 0 unspecified atom stereocenters. The van der Waals surface area contributed by atoms with Gasteiger partial charge in [-0.05, 0) is 78.2 Å². The van der Waals surface area contributed by atoms with Gasteiger partial charge in [0.1, 0.15) is 0 Å². The maximum Gasteiger partial charge on any atom is 0.0999 e. The second-order valence-electron chi connectivity index (χ2n) is 11.4. The average Bonchev–Trinajstić information content (AvgIpc) is 3.42. The summed E-state index contributed by atoms with van der Waals surface area (Å²) in [4.78, 5) is 5.06. The van der Waals surface area contributed by atoms with Crippen molar-refractivity contribution in [2.75, 3.05) is 0 Å². The first-order valence-electron chi connectivity index (χ1n) is 14.9. The molecule has 0 saturated carbocycles. The maximum atomic E-state index is 10.0. The van der Waals surface area contributed by atoms with Crippen molar-refractivity contribution in [1.29, 1.82) is 5.26 Å². The lowest BCUT2D eigenvalue weighted by molar-refractivity contribution is 1.39. The third kappa shape index (κ3) is 3.44. The summed E-state index contributed by atoms with van der Waals surface area (Å²) in [6.07, 6.45) is 0. The fourth-order valence-corrected chi connectivity index (χ4v) is 7.24. The highest BCUT2D eigenvalue weighted by Crippen LogP contribution is 2.58. The fraction of sp³-hybridized carbons (Fsp3) is 0. The second kappa shape index (κ2) is 9.49. The average molecular weight is 557 g/mol. The molecule has 202 valence electrons. The predicted octanol–water partition coefficient (Wildman–Crippen LogP) is 11.1. The van der Waals surface area contributed by atoms with E-state index < -0.39 is 0 Å². The van der Waals surface area contributed by atoms with E-state index in [0.717, 1.165) is 27.5 Å². The van der Waals surface area contributed by atoms with Crippen LogP contribution in [-0.4, -0.2) is 4.98 Å². The van der Waals surface area contributed by atoms with Gasteiger partial charge < -0.3 is 0 Å². The minimum Gasteiger partial charge on any atom is -0.248 e. The van der Waals surface area contributed by atoms with Crippen molar-refractivity contribution in [3.8, 4) is 61.8 Å². The van der Waals surface area contributed by atoms with E-state index >= 15 is 0 Å². The molecular formula is C42H24N2. The van der Waals surface area contributed by atoms with Crippen LogP contribution in [0.25, 0.3) is 88.2 Å². The Labute approximate surface area is 255 Å². The monoisotopic (exact) mass is 556 g/mol. The zero-order valence-electron chi connectivity index (χ0n) is 23.8. The lowest BCUT2D eigenvalue weighted by Crippen LogP contribution is -1.93. The SMILES string of the molecule is N#Cc1cc(-c2ccc3c4c(cccc24)-c2c-3c(-c3ccccc3)c3ccccc3c2-c2ccccc2)nc2ccccc12. The van der Waals surface area contributed by atoms with E-state index in [1.54, 1.807) is 0 Å². The Bertz CT molecular complexity index is 2390. The molecule has 1 aliphatic rings. The summed E-state index contributed by atoms with van der Waals surface area (Å²) < 4.78 is 0. The smallest absolute Gasteiger partial charge is 0.0999 e. The number of benzene rings is 7. The molecule has 0 radical (unpaired) electrons. The molecular weight excluding hydrogens is 532 g/mol. The van der Waals surface area contributed by atoms with E-state index in [2.05, 4.69) is 121 Å². The van der Waals surface area contributed by atoms with Gasteiger partial charge in [0.25, 0.3) is 0 Å². The van der Waals surface area contributed by atoms with Crippen LogP contribution in [-0.2, 0) is 0 Å². The van der Waals surface area contributed by atoms with Crippen molar-refractivity contribution in [2.45, 2.75) is 0 Å². The number of nitriles is 1. The van der Waals surface area contributed by atoms with E-state index in [1.165, 1.54) is 60.7 Å². The minimum absolute atomic E-state index is 0.640. The highest BCUT2D eigenvalue weighted by atomic mass is 14.7. The topological polar surface area (TPSA) is 36.7 Å². The summed E-state index contributed by atoms with van der Waals surface area (Å²) >= 11 is 0. The van der Waals surface area contributed by atoms with Crippen LogP contribution in [0.5, 0.6) is 0 Å². The molecule has 7 aromatic carbocycles. The third-order valence-corrected chi connectivity index (χ3v) is 9.03. The van der Waals surface area contributed by atoms with Crippen LogP contribution in [0, 0.1) is 11.3 Å². The van der Waals surface area contributed by atoms with Gasteiger partial charge in [0.2, 0.25) is 0 Å². The predicted molar refractivity (Wildman–Crippen MR) is 182 cm³/mol. The quantitative estimate of drug-likeness (QED) is 0.217. The summed E-state index contributed by atoms with van der Waals surface area (Å²) in [5, 5.41) is 15.8. The standard InChI is InChI=1S/C42H24N2/c43-25-28-24-37(44-36-21-10-9-16-29(28)36)30-22-23-35-40-31(30)19-11-20-34(40)41-38(26-12-3-1-4-13-26)32-17-7-8-18-33(32)39(42(35)41)27-14-5-2-6-15-27/h1-24H. The zero-order valence-corrected chi connectivity index (χ0v) is 23.8. The van der Waals surface area contributed by atoms with Gasteiger partial charge in [-0.25, -0.2) is 4.98 Å². The van der Waals surface area contributed by atoms with Gasteiger partial charge in [0, 0.05) is 10.9 Å². The van der Waals surface area contributed by atoms with Crippen LogP contribution in [0.2, 0.25) is 0 Å². The molecule has 0 N–H and O–H groups in total.